The number of benzene rings is 1. The molecular weight excluding hydrogens is 520 g/mol. The molecule has 4 unspecified atom stereocenters. The van der Waals surface area contributed by atoms with Gasteiger partial charge in [-0.2, -0.15) is 12.6 Å². The predicted octanol–water partition coefficient (Wildman–Crippen LogP) is -3.34. The minimum atomic E-state index is -1.61. The van der Waals surface area contributed by atoms with E-state index in [1.54, 1.807) is 12.1 Å². The summed E-state index contributed by atoms with van der Waals surface area (Å²) < 4.78 is 0. The lowest BCUT2D eigenvalue weighted by Crippen LogP contribution is -2.58. The van der Waals surface area contributed by atoms with Crippen molar-refractivity contribution in [3.05, 3.63) is 29.8 Å². The molecule has 4 amide bonds. The minimum Gasteiger partial charge on any atom is -0.508 e. The van der Waals surface area contributed by atoms with Gasteiger partial charge in [0.2, 0.25) is 23.6 Å². The summed E-state index contributed by atoms with van der Waals surface area (Å²) in [7, 11) is 0. The molecule has 15 nitrogen and oxygen atoms in total. The Morgan fingerprint density at radius 3 is 1.97 bits per heavy atom. The van der Waals surface area contributed by atoms with E-state index in [0.29, 0.717) is 12.0 Å². The van der Waals surface area contributed by atoms with E-state index in [1.165, 1.54) is 12.1 Å². The van der Waals surface area contributed by atoms with Crippen molar-refractivity contribution in [2.45, 2.75) is 49.9 Å². The number of nitrogens with zero attached hydrogens (tertiary/aromatic N) is 1. The highest BCUT2D eigenvalue weighted by molar-refractivity contribution is 7.80. The van der Waals surface area contributed by atoms with Crippen LogP contribution >= 0.6 is 12.6 Å². The van der Waals surface area contributed by atoms with Crippen LogP contribution in [0, 0.1) is 0 Å². The van der Waals surface area contributed by atoms with Crippen LogP contribution in [0.5, 0.6) is 5.75 Å². The van der Waals surface area contributed by atoms with Crippen LogP contribution in [0.1, 0.15) is 24.8 Å². The maximum Gasteiger partial charge on any atom is 0.326 e. The average Bonchev–Trinajstić information content (AvgIpc) is 2.84. The highest BCUT2D eigenvalue weighted by Gasteiger charge is 2.30. The standard InChI is InChI=1S/C22H34N8O7S/c23-13(2-1-7-27-22(25)26)18(33)28-14(8-11-3-5-12(31)6-4-11)19(34)30-16(10-38)20(35)29-15(21(36)37)9-17(24)32/h3-6,13-16,31,38H,1-2,7-10,23H2,(H2,24,32)(H,28,33)(H,29,35)(H,30,34)(H,36,37)(H4,25,26,27). The molecule has 1 rings (SSSR count). The van der Waals surface area contributed by atoms with Crippen molar-refractivity contribution in [2.75, 3.05) is 12.3 Å². The van der Waals surface area contributed by atoms with Crippen molar-refractivity contribution in [1.82, 2.24) is 16.0 Å². The van der Waals surface area contributed by atoms with E-state index in [1.807, 2.05) is 0 Å². The molecule has 4 atom stereocenters. The Bertz CT molecular complexity index is 1020. The van der Waals surface area contributed by atoms with Gasteiger partial charge in [0, 0.05) is 18.7 Å². The van der Waals surface area contributed by atoms with Crippen LogP contribution in [0.25, 0.3) is 0 Å². The van der Waals surface area contributed by atoms with Gasteiger partial charge in [0.25, 0.3) is 0 Å². The number of phenolic OH excluding ortho intramolecular Hbond substituents is 1. The zero-order valence-electron chi connectivity index (χ0n) is 20.5. The number of phenols is 1. The van der Waals surface area contributed by atoms with Crippen LogP contribution in [-0.4, -0.2) is 82.2 Å². The molecule has 16 heteroatoms. The Morgan fingerprint density at radius 2 is 1.45 bits per heavy atom. The average molecular weight is 555 g/mol. The van der Waals surface area contributed by atoms with E-state index < -0.39 is 60.2 Å². The first-order valence-electron chi connectivity index (χ1n) is 11.5. The van der Waals surface area contributed by atoms with Crippen LogP contribution < -0.4 is 38.9 Å². The molecule has 0 aromatic heterocycles. The van der Waals surface area contributed by atoms with Gasteiger partial charge in [0.05, 0.1) is 12.5 Å². The Hall–Kier alpha value is -4.05. The number of hydrogen-bond acceptors (Lipinski definition) is 9. The fourth-order valence-corrected chi connectivity index (χ4v) is 3.40. The molecule has 13 N–H and O–H groups in total. The van der Waals surface area contributed by atoms with Gasteiger partial charge < -0.3 is 49.1 Å². The predicted molar refractivity (Wildman–Crippen MR) is 141 cm³/mol. The van der Waals surface area contributed by atoms with E-state index in [4.69, 9.17) is 22.9 Å². The quantitative estimate of drug-likeness (QED) is 0.0419. The molecule has 0 saturated heterocycles. The smallest absolute Gasteiger partial charge is 0.326 e. The molecular formula is C22H34N8O7S. The Balaban J connectivity index is 2.99. The number of primary amides is 1. The van der Waals surface area contributed by atoms with Crippen molar-refractivity contribution >= 4 is 48.2 Å². The van der Waals surface area contributed by atoms with Crippen molar-refractivity contribution in [2.24, 2.45) is 27.9 Å². The summed E-state index contributed by atoms with van der Waals surface area (Å²) in [5.41, 5.74) is 22.0. The number of amides is 4. The highest BCUT2D eigenvalue weighted by Crippen LogP contribution is 2.12. The first-order chi connectivity index (χ1) is 17.8. The molecule has 38 heavy (non-hydrogen) atoms. The first-order valence-corrected chi connectivity index (χ1v) is 12.1. The molecule has 0 spiro atoms. The number of carbonyl (C=O) groups is 5. The summed E-state index contributed by atoms with van der Waals surface area (Å²) in [5.74, 6) is -5.12. The number of thiol groups is 1. The number of aliphatic imine (C=N–C) groups is 1. The van der Waals surface area contributed by atoms with Crippen LogP contribution in [0.15, 0.2) is 29.3 Å². The number of nitrogens with two attached hydrogens (primary N) is 4. The van der Waals surface area contributed by atoms with Crippen LogP contribution in [0.4, 0.5) is 0 Å². The second-order valence-corrected chi connectivity index (χ2v) is 8.67. The summed E-state index contributed by atoms with van der Waals surface area (Å²) >= 11 is 4.04. The third kappa shape index (κ3) is 11.8. The fourth-order valence-electron chi connectivity index (χ4n) is 3.15. The van der Waals surface area contributed by atoms with Gasteiger partial charge in [-0.15, -0.1) is 0 Å². The molecule has 0 aliphatic carbocycles. The summed E-state index contributed by atoms with van der Waals surface area (Å²) in [6, 6.07) is 0.770. The van der Waals surface area contributed by atoms with Crippen molar-refractivity contribution < 1.29 is 34.2 Å². The zero-order chi connectivity index (χ0) is 28.8. The zero-order valence-corrected chi connectivity index (χ0v) is 21.4. The molecule has 1 aromatic carbocycles. The number of guanidine groups is 1. The number of hydrogen-bond donors (Lipinski definition) is 10. The number of aromatic hydroxyl groups is 1. The number of aliphatic carboxylic acids is 1. The number of carboxylic acids is 1. The molecule has 210 valence electrons. The van der Waals surface area contributed by atoms with Gasteiger partial charge in [-0.3, -0.25) is 24.2 Å². The van der Waals surface area contributed by atoms with Gasteiger partial charge >= 0.3 is 5.97 Å². The van der Waals surface area contributed by atoms with Gasteiger partial charge in [0.1, 0.15) is 23.9 Å². The topological polar surface area (TPSA) is 278 Å². The molecule has 0 aliphatic heterocycles. The molecule has 0 radical (unpaired) electrons. The molecule has 0 saturated carbocycles. The maximum absolute atomic E-state index is 13.1. The Morgan fingerprint density at radius 1 is 0.895 bits per heavy atom. The van der Waals surface area contributed by atoms with Gasteiger partial charge in [-0.05, 0) is 30.5 Å². The van der Waals surface area contributed by atoms with Crippen molar-refractivity contribution in [1.29, 1.82) is 0 Å². The fraction of sp³-hybridized carbons (Fsp3) is 0.455. The number of nitrogens with one attached hydrogen (secondary N) is 3. The van der Waals surface area contributed by atoms with E-state index in [0.717, 1.165) is 0 Å². The second-order valence-electron chi connectivity index (χ2n) is 8.30. The molecule has 0 bridgehead atoms. The van der Waals surface area contributed by atoms with Crippen LogP contribution in [-0.2, 0) is 30.4 Å². The number of rotatable bonds is 16. The second kappa shape index (κ2) is 15.9. The van der Waals surface area contributed by atoms with E-state index in [9.17, 15) is 34.2 Å². The summed E-state index contributed by atoms with van der Waals surface area (Å²) in [6.07, 6.45) is -0.0681. The Labute approximate surface area is 224 Å². The number of carboxylic acid groups (broad SMARTS) is 1. The summed E-state index contributed by atoms with van der Waals surface area (Å²) in [5, 5.41) is 25.8. The van der Waals surface area contributed by atoms with E-state index >= 15 is 0 Å². The SMILES string of the molecule is NC(=O)CC(NC(=O)C(CS)NC(=O)C(Cc1ccc(O)cc1)NC(=O)C(N)CCCN=C(N)N)C(=O)O. The van der Waals surface area contributed by atoms with Gasteiger partial charge in [-0.1, -0.05) is 12.1 Å². The van der Waals surface area contributed by atoms with Crippen LogP contribution in [0.3, 0.4) is 0 Å². The largest absolute Gasteiger partial charge is 0.508 e. The van der Waals surface area contributed by atoms with Gasteiger partial charge in [-0.25, -0.2) is 4.79 Å². The molecule has 0 aliphatic rings. The van der Waals surface area contributed by atoms with Gasteiger partial charge in [0.15, 0.2) is 5.96 Å². The Kier molecular flexibility index (Phi) is 13.4. The highest BCUT2D eigenvalue weighted by atomic mass is 32.1. The van der Waals surface area contributed by atoms with Crippen molar-refractivity contribution in [3.63, 3.8) is 0 Å². The monoisotopic (exact) mass is 554 g/mol. The summed E-state index contributed by atoms with van der Waals surface area (Å²) in [6.45, 7) is 0.257. The van der Waals surface area contributed by atoms with Crippen molar-refractivity contribution in [3.8, 4) is 5.75 Å². The molecule has 0 heterocycles. The lowest BCUT2D eigenvalue weighted by atomic mass is 10.0. The lowest BCUT2D eigenvalue weighted by molar-refractivity contribution is -0.143. The normalized spacial score (nSPS) is 13.7. The van der Waals surface area contributed by atoms with E-state index in [-0.39, 0.29) is 36.8 Å². The summed E-state index contributed by atoms with van der Waals surface area (Å²) in [4.78, 5) is 64.6. The molecule has 1 aromatic rings. The minimum absolute atomic E-state index is 0.00246. The lowest BCUT2D eigenvalue weighted by Gasteiger charge is -2.24. The van der Waals surface area contributed by atoms with Crippen LogP contribution in [0.2, 0.25) is 0 Å². The molecule has 0 fully saturated rings. The number of carbonyl (C=O) groups excluding carboxylic acids is 4. The van der Waals surface area contributed by atoms with E-state index in [2.05, 4.69) is 33.6 Å². The third-order valence-corrected chi connectivity index (χ3v) is 5.51. The third-order valence-electron chi connectivity index (χ3n) is 5.15. The first kappa shape index (κ1) is 32.0. The maximum atomic E-state index is 13.1.